The second-order valence-electron chi connectivity index (χ2n) is 10.0. The van der Waals surface area contributed by atoms with E-state index in [1.807, 2.05) is 36.4 Å². The van der Waals surface area contributed by atoms with Crippen LogP contribution in [-0.4, -0.2) is 60.0 Å². The van der Waals surface area contributed by atoms with Crippen LogP contribution in [0.3, 0.4) is 0 Å². The van der Waals surface area contributed by atoms with Crippen molar-refractivity contribution in [2.24, 2.45) is 0 Å². The number of hydrogen-bond acceptors (Lipinski definition) is 5. The number of unbranched alkanes of at least 4 members (excludes halogenated alkanes) is 2. The molecule has 3 rings (SSSR count). The van der Waals surface area contributed by atoms with Crippen molar-refractivity contribution in [2.75, 3.05) is 20.2 Å². The number of fused-ring (bicyclic) bond motifs is 3. The number of carbonyl (C=O) groups excluding carboxylic acids is 2. The summed E-state index contributed by atoms with van der Waals surface area (Å²) in [5, 5.41) is 12.4. The molecule has 0 aromatic heterocycles. The number of aliphatic carboxylic acids is 1. The molecule has 2 aromatic rings. The summed E-state index contributed by atoms with van der Waals surface area (Å²) in [5.74, 6) is -1.16. The molecule has 0 spiro atoms. The summed E-state index contributed by atoms with van der Waals surface area (Å²) in [4.78, 5) is 37.5. The first-order chi connectivity index (χ1) is 17.1. The van der Waals surface area contributed by atoms with Gasteiger partial charge in [0.1, 0.15) is 18.2 Å². The van der Waals surface area contributed by atoms with Crippen LogP contribution in [-0.2, 0) is 14.3 Å². The second-order valence-corrected chi connectivity index (χ2v) is 10.0. The number of carboxylic acid groups (broad SMARTS) is 1. The lowest BCUT2D eigenvalue weighted by molar-refractivity contribution is -0.142. The normalized spacial score (nSPS) is 13.3. The zero-order valence-electron chi connectivity index (χ0n) is 21.5. The van der Waals surface area contributed by atoms with Gasteiger partial charge in [0, 0.05) is 19.5 Å². The fraction of sp³-hybridized carbons (Fsp3) is 0.464. The third-order valence-electron chi connectivity index (χ3n) is 6.20. The van der Waals surface area contributed by atoms with Gasteiger partial charge in [0.2, 0.25) is 0 Å². The van der Waals surface area contributed by atoms with Gasteiger partial charge in [-0.25, -0.2) is 14.4 Å². The van der Waals surface area contributed by atoms with Crippen LogP contribution in [0.1, 0.15) is 63.5 Å². The zero-order chi connectivity index (χ0) is 26.3. The topological polar surface area (TPSA) is 105 Å². The Balaban J connectivity index is 1.47. The maximum Gasteiger partial charge on any atom is 0.410 e. The van der Waals surface area contributed by atoms with Crippen molar-refractivity contribution in [3.8, 4) is 11.1 Å². The predicted molar refractivity (Wildman–Crippen MR) is 137 cm³/mol. The van der Waals surface area contributed by atoms with Gasteiger partial charge in [-0.2, -0.15) is 0 Å². The largest absolute Gasteiger partial charge is 0.480 e. The van der Waals surface area contributed by atoms with Gasteiger partial charge in [-0.3, -0.25) is 4.90 Å². The molecule has 0 radical (unpaired) electrons. The first-order valence-corrected chi connectivity index (χ1v) is 12.4. The van der Waals surface area contributed by atoms with Crippen LogP contribution in [0.15, 0.2) is 48.5 Å². The number of benzene rings is 2. The molecule has 1 aliphatic rings. The Bertz CT molecular complexity index is 1030. The molecule has 0 saturated heterocycles. The quantitative estimate of drug-likeness (QED) is 0.427. The van der Waals surface area contributed by atoms with E-state index in [4.69, 9.17) is 9.47 Å². The van der Waals surface area contributed by atoms with Crippen molar-refractivity contribution in [1.82, 2.24) is 10.2 Å². The minimum absolute atomic E-state index is 0.0875. The zero-order valence-corrected chi connectivity index (χ0v) is 21.5. The minimum Gasteiger partial charge on any atom is -0.480 e. The minimum atomic E-state index is -1.07. The highest BCUT2D eigenvalue weighted by Crippen LogP contribution is 2.44. The van der Waals surface area contributed by atoms with Crippen molar-refractivity contribution in [3.63, 3.8) is 0 Å². The van der Waals surface area contributed by atoms with Crippen molar-refractivity contribution >= 4 is 18.2 Å². The number of rotatable bonds is 10. The molecular formula is C28H36N2O6. The van der Waals surface area contributed by atoms with E-state index in [1.54, 1.807) is 20.8 Å². The van der Waals surface area contributed by atoms with Crippen LogP contribution in [0.2, 0.25) is 0 Å². The molecule has 8 nitrogen and oxygen atoms in total. The Labute approximate surface area is 212 Å². The predicted octanol–water partition coefficient (Wildman–Crippen LogP) is 5.41. The maximum atomic E-state index is 12.8. The van der Waals surface area contributed by atoms with Gasteiger partial charge in [-0.15, -0.1) is 0 Å². The summed E-state index contributed by atoms with van der Waals surface area (Å²) >= 11 is 0. The molecule has 194 valence electrons. The lowest BCUT2D eigenvalue weighted by atomic mass is 9.98. The summed E-state index contributed by atoms with van der Waals surface area (Å²) in [7, 11) is 1.46. The van der Waals surface area contributed by atoms with Gasteiger partial charge >= 0.3 is 18.2 Å². The highest BCUT2D eigenvalue weighted by molar-refractivity contribution is 5.81. The van der Waals surface area contributed by atoms with Crippen molar-refractivity contribution in [2.45, 2.75) is 64.0 Å². The Hall–Kier alpha value is -3.55. The fourth-order valence-electron chi connectivity index (χ4n) is 4.45. The maximum absolute atomic E-state index is 12.8. The molecule has 0 saturated carbocycles. The van der Waals surface area contributed by atoms with E-state index in [2.05, 4.69) is 17.4 Å². The number of carbonyl (C=O) groups is 3. The number of alkyl carbamates (subject to hydrolysis) is 1. The third-order valence-corrected chi connectivity index (χ3v) is 6.20. The van der Waals surface area contributed by atoms with E-state index in [1.165, 1.54) is 7.05 Å². The van der Waals surface area contributed by atoms with Gasteiger partial charge < -0.3 is 19.9 Å². The van der Waals surface area contributed by atoms with E-state index in [-0.39, 0.29) is 12.5 Å². The lowest BCUT2D eigenvalue weighted by Gasteiger charge is -2.25. The van der Waals surface area contributed by atoms with Gasteiger partial charge in [0.15, 0.2) is 0 Å². The standard InChI is InChI=1S/C28H36N2O6/c1-28(2,3)36-26(33)29-17-11-5-6-16-24(25(31)32)30(4)27(34)35-18-23-21-14-9-7-12-19(21)20-13-8-10-15-22(20)23/h7-10,12-15,23-24H,5-6,11,16-18H2,1-4H3,(H,29,33)(H,31,32)/t24-/m0/s1. The third kappa shape index (κ3) is 6.99. The van der Waals surface area contributed by atoms with Crippen LogP contribution in [0.5, 0.6) is 0 Å². The molecule has 0 fully saturated rings. The molecule has 0 aliphatic heterocycles. The van der Waals surface area contributed by atoms with Crippen LogP contribution >= 0.6 is 0 Å². The Morgan fingerprint density at radius 2 is 1.56 bits per heavy atom. The van der Waals surface area contributed by atoms with E-state index in [0.717, 1.165) is 27.2 Å². The van der Waals surface area contributed by atoms with E-state index in [9.17, 15) is 19.5 Å². The number of carboxylic acids is 1. The highest BCUT2D eigenvalue weighted by Gasteiger charge is 2.31. The van der Waals surface area contributed by atoms with Crippen LogP contribution in [0, 0.1) is 0 Å². The molecular weight excluding hydrogens is 460 g/mol. The van der Waals surface area contributed by atoms with Gasteiger partial charge in [0.05, 0.1) is 0 Å². The number of likely N-dealkylation sites (N-methyl/N-ethyl adjacent to an activating group) is 1. The Morgan fingerprint density at radius 3 is 2.11 bits per heavy atom. The van der Waals surface area contributed by atoms with E-state index >= 15 is 0 Å². The molecule has 1 atom stereocenters. The molecule has 2 N–H and O–H groups in total. The lowest BCUT2D eigenvalue weighted by Crippen LogP contribution is -2.43. The summed E-state index contributed by atoms with van der Waals surface area (Å²) in [6, 6.07) is 15.1. The fourth-order valence-corrected chi connectivity index (χ4v) is 4.45. The van der Waals surface area contributed by atoms with E-state index < -0.39 is 29.8 Å². The van der Waals surface area contributed by atoms with Gasteiger partial charge in [-0.05, 0) is 55.9 Å². The highest BCUT2D eigenvalue weighted by atomic mass is 16.6. The smallest absolute Gasteiger partial charge is 0.410 e. The Morgan fingerprint density at radius 1 is 0.972 bits per heavy atom. The number of ether oxygens (including phenoxy) is 2. The SMILES string of the molecule is CN(C(=O)OCC1c2ccccc2-c2ccccc21)[C@@H](CCCCCNC(=O)OC(C)(C)C)C(=O)O. The summed E-state index contributed by atoms with van der Waals surface area (Å²) in [6.45, 7) is 5.97. The van der Waals surface area contributed by atoms with Crippen molar-refractivity contribution in [3.05, 3.63) is 59.7 Å². The average Bonchev–Trinajstić information content (AvgIpc) is 3.14. The van der Waals surface area contributed by atoms with Crippen molar-refractivity contribution in [1.29, 1.82) is 0 Å². The molecule has 1 aliphatic carbocycles. The summed E-state index contributed by atoms with van der Waals surface area (Å²) in [5.41, 5.74) is 3.91. The van der Waals surface area contributed by atoms with Crippen LogP contribution < -0.4 is 5.32 Å². The molecule has 0 heterocycles. The first kappa shape index (κ1) is 27.0. The van der Waals surface area contributed by atoms with Crippen LogP contribution in [0.25, 0.3) is 11.1 Å². The number of amides is 2. The van der Waals surface area contributed by atoms with Crippen molar-refractivity contribution < 1.29 is 29.0 Å². The Kier molecular flexibility index (Phi) is 8.96. The molecule has 0 bridgehead atoms. The number of hydrogen-bond donors (Lipinski definition) is 2. The summed E-state index contributed by atoms with van der Waals surface area (Å²) in [6.07, 6.45) is 1.14. The molecule has 0 unspecified atom stereocenters. The molecule has 2 aromatic carbocycles. The molecule has 2 amide bonds. The molecule has 8 heteroatoms. The number of nitrogens with one attached hydrogen (secondary N) is 1. The number of nitrogens with zero attached hydrogens (tertiary/aromatic N) is 1. The average molecular weight is 497 g/mol. The van der Waals surface area contributed by atoms with Gasteiger partial charge in [-0.1, -0.05) is 61.4 Å². The van der Waals surface area contributed by atoms with Crippen LogP contribution in [0.4, 0.5) is 9.59 Å². The first-order valence-electron chi connectivity index (χ1n) is 12.4. The van der Waals surface area contributed by atoms with E-state index in [0.29, 0.717) is 32.2 Å². The summed E-state index contributed by atoms with van der Waals surface area (Å²) < 4.78 is 10.8. The second kappa shape index (κ2) is 11.9. The monoisotopic (exact) mass is 496 g/mol. The van der Waals surface area contributed by atoms with Gasteiger partial charge in [0.25, 0.3) is 0 Å². The molecule has 36 heavy (non-hydrogen) atoms.